The molecule has 0 N–H and O–H groups in total. The van der Waals surface area contributed by atoms with E-state index in [2.05, 4.69) is 0 Å². The summed E-state index contributed by atoms with van der Waals surface area (Å²) in [4.78, 5) is -0.301. The second-order valence-electron chi connectivity index (χ2n) is 1.91. The second kappa shape index (κ2) is 4.31. The molecule has 0 saturated heterocycles. The van der Waals surface area contributed by atoms with Gasteiger partial charge >= 0.3 is 18.9 Å². The van der Waals surface area contributed by atoms with Gasteiger partial charge in [-0.2, -0.15) is 0 Å². The molecule has 0 spiro atoms. The third-order valence-electron chi connectivity index (χ3n) is 1.08. The van der Waals surface area contributed by atoms with Crippen LogP contribution in [-0.2, 0) is 10.1 Å². The zero-order valence-corrected chi connectivity index (χ0v) is 7.89. The quantitative estimate of drug-likeness (QED) is 0.397. The van der Waals surface area contributed by atoms with Gasteiger partial charge in [-0.25, -0.2) is 8.42 Å². The van der Waals surface area contributed by atoms with E-state index in [-0.39, 0.29) is 28.8 Å². The Kier molecular flexibility index (Phi) is 4.32. The van der Waals surface area contributed by atoms with E-state index in [0.29, 0.717) is 0 Å². The molecule has 0 aliphatic rings. The molecule has 1 rings (SSSR count). The first-order valence-electron chi connectivity index (χ1n) is 2.71. The van der Waals surface area contributed by atoms with E-state index in [1.807, 2.05) is 0 Å². The van der Waals surface area contributed by atoms with E-state index >= 15 is 0 Å². The van der Waals surface area contributed by atoms with Crippen molar-refractivity contribution in [1.29, 1.82) is 0 Å². The van der Waals surface area contributed by atoms with Crippen molar-refractivity contribution in [2.75, 3.05) is 0 Å². The van der Waals surface area contributed by atoms with Crippen LogP contribution in [0.3, 0.4) is 0 Å². The molecule has 0 aliphatic carbocycles. The third-order valence-corrected chi connectivity index (χ3v) is 2.15. The minimum absolute atomic E-state index is 0. The van der Waals surface area contributed by atoms with Crippen LogP contribution in [0.5, 0.6) is 0 Å². The van der Waals surface area contributed by atoms with Crippen LogP contribution in [0, 0.1) is 0 Å². The summed E-state index contributed by atoms with van der Waals surface area (Å²) in [6.45, 7) is 0. The SMILES string of the molecule is O=S(=O)([O-])c1cccc(Cl)c1.[Li+]. The van der Waals surface area contributed by atoms with Crippen molar-refractivity contribution in [3.63, 3.8) is 0 Å². The molecule has 3 nitrogen and oxygen atoms in total. The van der Waals surface area contributed by atoms with Crippen molar-refractivity contribution < 1.29 is 31.8 Å². The normalized spacial score (nSPS) is 10.5. The van der Waals surface area contributed by atoms with Gasteiger partial charge in [0.25, 0.3) is 0 Å². The van der Waals surface area contributed by atoms with Gasteiger partial charge in [0, 0.05) is 5.02 Å². The zero-order valence-electron chi connectivity index (χ0n) is 6.32. The summed E-state index contributed by atoms with van der Waals surface area (Å²) in [5.41, 5.74) is 0. The smallest absolute Gasteiger partial charge is 0.744 e. The Balaban J connectivity index is 0.00000121. The zero-order chi connectivity index (χ0) is 8.48. The summed E-state index contributed by atoms with van der Waals surface area (Å²) in [5, 5.41) is 0.238. The number of halogens is 1. The Morgan fingerprint density at radius 3 is 2.25 bits per heavy atom. The molecule has 0 radical (unpaired) electrons. The van der Waals surface area contributed by atoms with Gasteiger partial charge in [0.2, 0.25) is 0 Å². The van der Waals surface area contributed by atoms with Crippen molar-refractivity contribution >= 4 is 21.7 Å². The van der Waals surface area contributed by atoms with Crippen molar-refractivity contribution in [1.82, 2.24) is 0 Å². The Bertz CT molecular complexity index is 363. The Hall–Kier alpha value is 0.0174. The van der Waals surface area contributed by atoms with Gasteiger partial charge in [-0.05, 0) is 18.2 Å². The van der Waals surface area contributed by atoms with Crippen LogP contribution in [-0.4, -0.2) is 13.0 Å². The van der Waals surface area contributed by atoms with Gasteiger partial charge in [0.15, 0.2) is 0 Å². The summed E-state index contributed by atoms with van der Waals surface area (Å²) in [6, 6.07) is 5.22. The fourth-order valence-electron chi connectivity index (χ4n) is 0.623. The molecule has 6 heteroatoms. The molecular formula is C6H4ClLiO3S. The molecule has 0 atom stereocenters. The minimum atomic E-state index is -4.36. The molecule has 0 heterocycles. The molecule has 0 aliphatic heterocycles. The van der Waals surface area contributed by atoms with Gasteiger partial charge in [-0.3, -0.25) is 0 Å². The van der Waals surface area contributed by atoms with Gasteiger partial charge in [-0.15, -0.1) is 0 Å². The Morgan fingerprint density at radius 1 is 1.33 bits per heavy atom. The predicted octanol–water partition coefficient (Wildman–Crippen LogP) is -1.75. The average molecular weight is 199 g/mol. The van der Waals surface area contributed by atoms with Crippen LogP contribution in [0.2, 0.25) is 5.02 Å². The first kappa shape index (κ1) is 12.0. The maximum absolute atomic E-state index is 10.4. The topological polar surface area (TPSA) is 57.2 Å². The molecule has 0 unspecified atom stereocenters. The van der Waals surface area contributed by atoms with Gasteiger partial charge in [-0.1, -0.05) is 17.7 Å². The monoisotopic (exact) mass is 198 g/mol. The number of hydrogen-bond donors (Lipinski definition) is 0. The van der Waals surface area contributed by atoms with E-state index in [1.165, 1.54) is 18.2 Å². The number of benzene rings is 1. The molecule has 0 saturated carbocycles. The van der Waals surface area contributed by atoms with Crippen LogP contribution in [0.15, 0.2) is 29.2 Å². The summed E-state index contributed by atoms with van der Waals surface area (Å²) < 4.78 is 31.1. The van der Waals surface area contributed by atoms with Gasteiger partial charge in [0.05, 0.1) is 4.90 Å². The van der Waals surface area contributed by atoms with Crippen molar-refractivity contribution in [3.8, 4) is 0 Å². The molecule has 12 heavy (non-hydrogen) atoms. The minimum Gasteiger partial charge on any atom is -0.744 e. The molecule has 0 aromatic heterocycles. The Labute approximate surface area is 87.7 Å². The summed E-state index contributed by atoms with van der Waals surface area (Å²) >= 11 is 5.45. The van der Waals surface area contributed by atoms with Crippen molar-refractivity contribution in [2.24, 2.45) is 0 Å². The van der Waals surface area contributed by atoms with Crippen molar-refractivity contribution in [3.05, 3.63) is 29.3 Å². The molecule has 0 fully saturated rings. The second-order valence-corrected chi connectivity index (χ2v) is 3.73. The van der Waals surface area contributed by atoms with Crippen LogP contribution >= 0.6 is 11.6 Å². The van der Waals surface area contributed by atoms with Crippen LogP contribution in [0.25, 0.3) is 0 Å². The maximum Gasteiger partial charge on any atom is 1.00 e. The number of rotatable bonds is 1. The van der Waals surface area contributed by atoms with Gasteiger partial charge in [0.1, 0.15) is 10.1 Å². The molecule has 1 aromatic rings. The van der Waals surface area contributed by atoms with E-state index < -0.39 is 10.1 Å². The van der Waals surface area contributed by atoms with Crippen LogP contribution in [0.4, 0.5) is 0 Å². The molecule has 60 valence electrons. The predicted molar refractivity (Wildman–Crippen MR) is 39.4 cm³/mol. The average Bonchev–Trinajstić information content (AvgIpc) is 1.86. The maximum atomic E-state index is 10.4. The molecule has 1 aromatic carbocycles. The fraction of sp³-hybridized carbons (Fsp3) is 0. The summed E-state index contributed by atoms with van der Waals surface area (Å²) in [5.74, 6) is 0. The van der Waals surface area contributed by atoms with Crippen molar-refractivity contribution in [2.45, 2.75) is 4.90 Å². The largest absolute Gasteiger partial charge is 1.00 e. The fourth-order valence-corrected chi connectivity index (χ4v) is 1.39. The molecule has 0 amide bonds. The van der Waals surface area contributed by atoms with Crippen LogP contribution in [0.1, 0.15) is 0 Å². The first-order valence-corrected chi connectivity index (χ1v) is 4.50. The molecule has 0 bridgehead atoms. The van der Waals surface area contributed by atoms with E-state index in [1.54, 1.807) is 0 Å². The third kappa shape index (κ3) is 3.17. The van der Waals surface area contributed by atoms with Crippen LogP contribution < -0.4 is 18.9 Å². The Morgan fingerprint density at radius 2 is 1.92 bits per heavy atom. The number of hydrogen-bond acceptors (Lipinski definition) is 3. The van der Waals surface area contributed by atoms with Gasteiger partial charge < -0.3 is 4.55 Å². The molecular weight excluding hydrogens is 195 g/mol. The first-order chi connectivity index (χ1) is 5.00. The summed E-state index contributed by atoms with van der Waals surface area (Å²) in [6.07, 6.45) is 0. The van der Waals surface area contributed by atoms with E-state index in [9.17, 15) is 13.0 Å². The summed E-state index contributed by atoms with van der Waals surface area (Å²) in [7, 11) is -4.36. The standard InChI is InChI=1S/C6H5ClO3S.Li/c7-5-2-1-3-6(4-5)11(8,9)10;/h1-4H,(H,8,9,10);/q;+1/p-1. The van der Waals surface area contributed by atoms with E-state index in [4.69, 9.17) is 11.6 Å². The van der Waals surface area contributed by atoms with E-state index in [0.717, 1.165) is 6.07 Å².